The Hall–Kier alpha value is -14.8. The number of alkyl halides is 2. The van der Waals surface area contributed by atoms with E-state index in [2.05, 4.69) is 87.3 Å². The van der Waals surface area contributed by atoms with Gasteiger partial charge in [0, 0.05) is 176 Å². The number of benzene rings is 7. The van der Waals surface area contributed by atoms with E-state index in [-0.39, 0.29) is 102 Å². The number of ether oxygens (including phenoxy) is 1. The number of aryl methyl sites for hydroxylation is 4. The topological polar surface area (TPSA) is 388 Å². The molecule has 11 heterocycles. The van der Waals surface area contributed by atoms with E-state index in [1.807, 2.05) is 115 Å². The molecule has 3 fully saturated rings. The molecular weight excluding hydrogens is 1850 g/mol. The Morgan fingerprint density at radius 2 is 0.759 bits per heavy atom. The summed E-state index contributed by atoms with van der Waals surface area (Å²) in [6, 6.07) is 43.2. The van der Waals surface area contributed by atoms with Gasteiger partial charge in [-0.15, -0.1) is 0 Å². The molecule has 3 saturated carbocycles. The van der Waals surface area contributed by atoms with Crippen LogP contribution in [0.1, 0.15) is 186 Å². The number of fused-ring (bicyclic) bond motifs is 6. The lowest BCUT2D eigenvalue weighted by atomic mass is 10.0. The van der Waals surface area contributed by atoms with Gasteiger partial charge in [-0.05, 0) is 174 Å². The standard InChI is InChI=1S/C18H14ClFN2O.C17H19ClN4O2.C16H14ClFN4O.C16H16F2N4O.C16H16N4O2.C15H14ClFN4O/c19-13-6-7-14-12(16(13)20)10-15(21-14)17(23)22-18(8-9-18)11-4-2-1-3-5-11;1-11(13-9-19-22(10-13)5-6-24-2)20-17(23)16-8-12-7-14(18)3-4-15(12)21-16;1-22-8-9(7-19-22)16(4-5-16)21-15(23)13-6-10-12(20-13)3-2-11(17)14(10)18;1-9(12-7-19-22(2)8-12)20-16(23)14-5-10-3-4-11(15(17)18)6-13(10)21-14;1-20-9-11(8-17-20)16(4-5-16)19-15(22)14-6-10-2-3-12(21)7-13(10)18-14;1-8(9-6-18-21(2)7-9)19-15(22)13-5-10-12(20-13)4-3-11(16)14(10)17/h1-7,10,21H,8-9H2,(H,22,23);3-4,7-11,21H,5-6H2,1-2H3,(H,20,23);2-3,6-8,20H,4-5H2,1H3,(H,21,23);3-9,15,21H,1-2H3,(H,20,23);2-3,6-9,18,21H,4-5H2,1H3,(H,19,22);3-8,20H,1-2H3,(H,19,22). The van der Waals surface area contributed by atoms with Gasteiger partial charge in [0.1, 0.15) is 39.9 Å². The Balaban J connectivity index is 0.000000119. The number of amides is 6. The fourth-order valence-electron chi connectivity index (χ4n) is 15.8. The molecule has 21 rings (SSSR count). The molecule has 13 N–H and O–H groups in total. The van der Waals surface area contributed by atoms with Crippen molar-refractivity contribution < 1.29 is 60.6 Å². The van der Waals surface area contributed by atoms with Crippen molar-refractivity contribution >= 4 is 147 Å². The number of methoxy groups -OCH3 is 1. The van der Waals surface area contributed by atoms with Gasteiger partial charge in [0.15, 0.2) is 17.5 Å². The number of nitrogens with zero attached hydrogens (tertiary/aromatic N) is 10. The lowest BCUT2D eigenvalue weighted by Crippen LogP contribution is -2.35. The van der Waals surface area contributed by atoms with Gasteiger partial charge in [-0.25, -0.2) is 22.0 Å². The molecule has 3 unspecified atom stereocenters. The number of halogens is 9. The monoisotopic (exact) mass is 1940 g/mol. The van der Waals surface area contributed by atoms with E-state index in [0.717, 1.165) is 93.7 Å². The second kappa shape index (κ2) is 40.0. The molecule has 18 aromatic rings. The van der Waals surface area contributed by atoms with Crippen LogP contribution in [0.4, 0.5) is 22.0 Å². The molecule has 0 spiro atoms. The fraction of sp³-hybridized carbons (Fsp3) is 0.235. The molecule has 0 aliphatic heterocycles. The Labute approximate surface area is 798 Å². The second-order valence-corrected chi connectivity index (χ2v) is 35.7. The Morgan fingerprint density at radius 3 is 1.18 bits per heavy atom. The molecule has 706 valence electrons. The first-order valence-electron chi connectivity index (χ1n) is 43.4. The van der Waals surface area contributed by atoms with E-state index in [4.69, 9.17) is 51.1 Å². The van der Waals surface area contributed by atoms with Crippen LogP contribution in [0.15, 0.2) is 220 Å². The molecule has 3 atom stereocenters. The van der Waals surface area contributed by atoms with Gasteiger partial charge in [-0.3, -0.25) is 52.2 Å². The third-order valence-corrected chi connectivity index (χ3v) is 25.1. The minimum atomic E-state index is -2.54. The third-order valence-electron chi connectivity index (χ3n) is 23.9. The van der Waals surface area contributed by atoms with E-state index in [1.165, 1.54) is 48.5 Å². The van der Waals surface area contributed by atoms with E-state index >= 15 is 0 Å². The zero-order valence-corrected chi connectivity index (χ0v) is 78.0. The van der Waals surface area contributed by atoms with Crippen molar-refractivity contribution in [3.63, 3.8) is 0 Å². The van der Waals surface area contributed by atoms with Gasteiger partial charge < -0.3 is 71.6 Å². The van der Waals surface area contributed by atoms with Crippen molar-refractivity contribution in [1.29, 1.82) is 0 Å². The van der Waals surface area contributed by atoms with Gasteiger partial charge in [0.25, 0.3) is 41.9 Å². The van der Waals surface area contributed by atoms with Crippen LogP contribution >= 0.6 is 46.4 Å². The normalized spacial score (nSPS) is 14.1. The number of aromatic amines is 6. The minimum absolute atomic E-state index is 0.0298. The molecule has 39 heteroatoms. The molecule has 11 aromatic heterocycles. The molecule has 3 aliphatic carbocycles. The summed E-state index contributed by atoms with van der Waals surface area (Å²) in [6.07, 6.45) is 21.0. The predicted molar refractivity (Wildman–Crippen MR) is 512 cm³/mol. The van der Waals surface area contributed by atoms with E-state index in [9.17, 15) is 55.8 Å². The molecule has 0 radical (unpaired) electrons. The summed E-state index contributed by atoms with van der Waals surface area (Å²) in [4.78, 5) is 92.4. The summed E-state index contributed by atoms with van der Waals surface area (Å²) in [7, 11) is 8.97. The highest BCUT2D eigenvalue weighted by Crippen LogP contribution is 2.48. The smallest absolute Gasteiger partial charge is 0.268 e. The second-order valence-electron chi connectivity index (χ2n) is 34.0. The number of phenolic OH excluding ortho intramolecular Hbond substituents is 1. The maximum Gasteiger partial charge on any atom is 0.268 e. The first kappa shape index (κ1) is 95.4. The van der Waals surface area contributed by atoms with Crippen molar-refractivity contribution in [3.8, 4) is 5.75 Å². The maximum absolute atomic E-state index is 14.0. The SMILES string of the molecule is CC(NC(=O)c1cc2c(F)c(Cl)ccc2[nH]1)c1cnn(C)c1.CC(NC(=O)c1cc2ccc(C(F)F)cc2[nH]1)c1cnn(C)c1.COCCn1cc(C(C)NC(=O)c2cc3cc(Cl)ccc3[nH]2)cn1.Cn1cc(C2(NC(=O)c3cc4c(F)c(Cl)ccc4[nH]3)CC2)cn1.Cn1cc(C2(NC(=O)c3cc4ccc(O)cc4[nH]3)CC2)cn1.O=C(NC1(c2ccccc2)CC1)c1cc2c(F)c(Cl)ccc2[nH]1. The van der Waals surface area contributed by atoms with Gasteiger partial charge in [-0.2, -0.15) is 25.5 Å². The van der Waals surface area contributed by atoms with Crippen LogP contribution in [-0.4, -0.2) is 133 Å². The Bertz CT molecular complexity index is 7530. The van der Waals surface area contributed by atoms with Crippen molar-refractivity contribution in [1.82, 2.24) is 111 Å². The van der Waals surface area contributed by atoms with Gasteiger partial charge >= 0.3 is 0 Å². The highest BCUT2D eigenvalue weighted by atomic mass is 35.5. The minimum Gasteiger partial charge on any atom is -0.508 e. The average molecular weight is 1940 g/mol. The number of rotatable bonds is 22. The molecule has 3 aliphatic rings. The number of aromatic nitrogens is 16. The summed E-state index contributed by atoms with van der Waals surface area (Å²) in [5, 5.41) is 52.3. The van der Waals surface area contributed by atoms with E-state index in [0.29, 0.717) is 90.3 Å². The summed E-state index contributed by atoms with van der Waals surface area (Å²) in [6.45, 7) is 6.91. The average Bonchev–Trinajstić information content (AvgIpc) is 1.54. The summed E-state index contributed by atoms with van der Waals surface area (Å²) >= 11 is 23.3. The molecule has 0 bridgehead atoms. The van der Waals surface area contributed by atoms with Crippen LogP contribution in [0.25, 0.3) is 65.4 Å². The van der Waals surface area contributed by atoms with Crippen LogP contribution in [-0.2, 0) is 56.1 Å². The zero-order valence-electron chi connectivity index (χ0n) is 74.9. The third kappa shape index (κ3) is 21.9. The zero-order chi connectivity index (χ0) is 97.1. The number of carbonyl (C=O) groups is 6. The van der Waals surface area contributed by atoms with Crippen LogP contribution < -0.4 is 31.9 Å². The van der Waals surface area contributed by atoms with Crippen LogP contribution in [0.3, 0.4) is 0 Å². The number of aromatic hydroxyl groups is 1. The number of hydrogen-bond acceptors (Lipinski definition) is 13. The molecule has 7 aromatic carbocycles. The van der Waals surface area contributed by atoms with Gasteiger partial charge in [0.05, 0.1) is 93.9 Å². The van der Waals surface area contributed by atoms with Crippen molar-refractivity contribution in [2.24, 2.45) is 28.2 Å². The van der Waals surface area contributed by atoms with Crippen LogP contribution in [0, 0.1) is 17.5 Å². The molecule has 137 heavy (non-hydrogen) atoms. The Morgan fingerprint density at radius 1 is 0.394 bits per heavy atom. The van der Waals surface area contributed by atoms with Crippen molar-refractivity contribution in [2.75, 3.05) is 13.7 Å². The first-order chi connectivity index (χ1) is 65.6. The number of nitrogens with one attached hydrogen (secondary N) is 12. The van der Waals surface area contributed by atoms with Crippen LogP contribution in [0.2, 0.25) is 20.1 Å². The number of H-pyrrole nitrogens is 6. The number of carbonyl (C=O) groups excluding carboxylic acids is 6. The highest BCUT2D eigenvalue weighted by Gasteiger charge is 2.49. The molecule has 0 saturated heterocycles. The molecular formula is C98H93Cl4F5N22O8. The molecule has 6 amide bonds. The van der Waals surface area contributed by atoms with Crippen molar-refractivity contribution in [2.45, 2.75) is 107 Å². The fourth-order valence-corrected chi connectivity index (χ4v) is 16.4. The van der Waals surface area contributed by atoms with Crippen molar-refractivity contribution in [3.05, 3.63) is 330 Å². The van der Waals surface area contributed by atoms with Crippen LogP contribution in [0.5, 0.6) is 5.75 Å². The predicted octanol–water partition coefficient (Wildman–Crippen LogP) is 19.2. The summed E-state index contributed by atoms with van der Waals surface area (Å²) < 4.78 is 81.0. The number of phenols is 1. The number of hydrogen-bond donors (Lipinski definition) is 13. The van der Waals surface area contributed by atoms with E-state index in [1.54, 1.807) is 135 Å². The summed E-state index contributed by atoms with van der Waals surface area (Å²) in [5.74, 6) is -2.81. The lowest BCUT2D eigenvalue weighted by molar-refractivity contribution is 0.0918. The molecule has 30 nitrogen and oxygen atoms in total. The quantitative estimate of drug-likeness (QED) is 0.0281. The van der Waals surface area contributed by atoms with Gasteiger partial charge in [-0.1, -0.05) is 88.9 Å². The lowest BCUT2D eigenvalue weighted by Gasteiger charge is -2.17. The van der Waals surface area contributed by atoms with E-state index < -0.39 is 23.9 Å². The highest BCUT2D eigenvalue weighted by molar-refractivity contribution is 6.32. The Kier molecular flexibility index (Phi) is 27.9. The maximum atomic E-state index is 14.0. The first-order valence-corrected chi connectivity index (χ1v) is 44.9. The largest absolute Gasteiger partial charge is 0.508 e. The van der Waals surface area contributed by atoms with Gasteiger partial charge in [0.2, 0.25) is 0 Å². The summed E-state index contributed by atoms with van der Waals surface area (Å²) in [5.41, 5.74) is 10.9.